The molecule has 0 unspecified atom stereocenters. The topological polar surface area (TPSA) is 55.1 Å². The van der Waals surface area contributed by atoms with Gasteiger partial charge < -0.3 is 11.1 Å². The summed E-state index contributed by atoms with van der Waals surface area (Å²) in [5.74, 6) is -0.395. The highest BCUT2D eigenvalue weighted by Gasteiger charge is 2.07. The summed E-state index contributed by atoms with van der Waals surface area (Å²) in [6, 6.07) is 13.5. The van der Waals surface area contributed by atoms with Gasteiger partial charge in [0.15, 0.2) is 0 Å². The molecule has 3 nitrogen and oxygen atoms in total. The van der Waals surface area contributed by atoms with Crippen molar-refractivity contribution < 1.29 is 4.79 Å². The zero-order valence-corrected chi connectivity index (χ0v) is 12.9. The second kappa shape index (κ2) is 6.57. The van der Waals surface area contributed by atoms with Gasteiger partial charge >= 0.3 is 0 Å². The first-order valence-electron chi connectivity index (χ1n) is 6.51. The number of primary amides is 1. The number of aryl methyl sites for hydroxylation is 1. The monoisotopic (exact) mass is 332 g/mol. The van der Waals surface area contributed by atoms with Crippen LogP contribution in [0.3, 0.4) is 0 Å². The highest BCUT2D eigenvalue weighted by molar-refractivity contribution is 9.10. The van der Waals surface area contributed by atoms with Gasteiger partial charge in [0, 0.05) is 22.3 Å². The first-order valence-corrected chi connectivity index (χ1v) is 7.31. The lowest BCUT2D eigenvalue weighted by atomic mass is 10.1. The second-order valence-electron chi connectivity index (χ2n) is 4.53. The summed E-state index contributed by atoms with van der Waals surface area (Å²) in [6.07, 6.45) is 0.944. The fraction of sp³-hybridized carbons (Fsp3) is 0.188. The van der Waals surface area contributed by atoms with Crippen LogP contribution in [-0.2, 0) is 13.0 Å². The maximum absolute atomic E-state index is 11.4. The lowest BCUT2D eigenvalue weighted by Crippen LogP contribution is -2.15. The summed E-state index contributed by atoms with van der Waals surface area (Å²) in [5, 5.41) is 3.37. The number of halogens is 1. The van der Waals surface area contributed by atoms with Gasteiger partial charge in [-0.1, -0.05) is 41.1 Å². The first kappa shape index (κ1) is 14.6. The molecule has 0 heterocycles. The van der Waals surface area contributed by atoms with Crippen molar-refractivity contribution in [3.8, 4) is 0 Å². The van der Waals surface area contributed by atoms with Crippen LogP contribution in [0.5, 0.6) is 0 Å². The number of nitrogens with one attached hydrogen (secondary N) is 1. The molecule has 0 aliphatic carbocycles. The zero-order valence-electron chi connectivity index (χ0n) is 11.3. The maximum atomic E-state index is 11.4. The van der Waals surface area contributed by atoms with E-state index in [4.69, 9.17) is 5.73 Å². The van der Waals surface area contributed by atoms with Crippen molar-refractivity contribution in [2.45, 2.75) is 19.9 Å². The number of rotatable bonds is 5. The molecule has 0 bridgehead atoms. The van der Waals surface area contributed by atoms with Gasteiger partial charge in [0.05, 0.1) is 0 Å². The van der Waals surface area contributed by atoms with Crippen LogP contribution in [0, 0.1) is 0 Å². The molecule has 2 aromatic carbocycles. The fourth-order valence-corrected chi connectivity index (χ4v) is 2.54. The molecular weight excluding hydrogens is 316 g/mol. The minimum Gasteiger partial charge on any atom is -0.381 e. The highest BCUT2D eigenvalue weighted by Crippen LogP contribution is 2.22. The molecule has 0 aromatic heterocycles. The van der Waals surface area contributed by atoms with Crippen molar-refractivity contribution in [1.29, 1.82) is 0 Å². The van der Waals surface area contributed by atoms with Crippen molar-refractivity contribution in [3.05, 3.63) is 63.6 Å². The van der Waals surface area contributed by atoms with Gasteiger partial charge in [-0.15, -0.1) is 0 Å². The number of amides is 1. The molecule has 2 rings (SSSR count). The van der Waals surface area contributed by atoms with Crippen LogP contribution in [0.2, 0.25) is 0 Å². The molecule has 0 saturated heterocycles. The molecule has 104 valence electrons. The molecule has 0 aliphatic heterocycles. The highest BCUT2D eigenvalue weighted by atomic mass is 79.9. The van der Waals surface area contributed by atoms with E-state index in [1.807, 2.05) is 30.3 Å². The van der Waals surface area contributed by atoms with Gasteiger partial charge in [-0.05, 0) is 41.8 Å². The second-order valence-corrected chi connectivity index (χ2v) is 5.45. The third kappa shape index (κ3) is 3.39. The smallest absolute Gasteiger partial charge is 0.249 e. The Hall–Kier alpha value is -1.81. The Bertz CT molecular complexity index is 626. The third-order valence-electron chi connectivity index (χ3n) is 3.20. The Morgan fingerprint density at radius 1 is 1.20 bits per heavy atom. The summed E-state index contributed by atoms with van der Waals surface area (Å²) in [4.78, 5) is 11.4. The Labute approximate surface area is 127 Å². The molecule has 0 atom stereocenters. The Balaban J connectivity index is 2.19. The number of hydrogen-bond acceptors (Lipinski definition) is 2. The summed E-state index contributed by atoms with van der Waals surface area (Å²) in [7, 11) is 0. The Morgan fingerprint density at radius 2 is 1.95 bits per heavy atom. The van der Waals surface area contributed by atoms with Gasteiger partial charge in [-0.25, -0.2) is 0 Å². The van der Waals surface area contributed by atoms with Gasteiger partial charge in [0.2, 0.25) is 5.91 Å². The van der Waals surface area contributed by atoms with Crippen LogP contribution in [0.15, 0.2) is 46.9 Å². The van der Waals surface area contributed by atoms with E-state index in [9.17, 15) is 4.79 Å². The SMILES string of the molecule is CCc1cc(Br)ccc1NCc1ccccc1C(N)=O. The molecule has 0 spiro atoms. The number of benzene rings is 2. The van der Waals surface area contributed by atoms with E-state index in [1.165, 1.54) is 5.56 Å². The van der Waals surface area contributed by atoms with Crippen LogP contribution >= 0.6 is 15.9 Å². The third-order valence-corrected chi connectivity index (χ3v) is 3.69. The van der Waals surface area contributed by atoms with Gasteiger partial charge in [0.1, 0.15) is 0 Å². The molecule has 2 aromatic rings. The lowest BCUT2D eigenvalue weighted by molar-refractivity contribution is 0.0999. The minimum atomic E-state index is -0.395. The van der Waals surface area contributed by atoms with Gasteiger partial charge in [-0.3, -0.25) is 4.79 Å². The maximum Gasteiger partial charge on any atom is 0.249 e. The predicted molar refractivity (Wildman–Crippen MR) is 85.8 cm³/mol. The van der Waals surface area contributed by atoms with Crippen molar-refractivity contribution in [2.24, 2.45) is 5.73 Å². The zero-order chi connectivity index (χ0) is 14.5. The molecule has 1 amide bonds. The lowest BCUT2D eigenvalue weighted by Gasteiger charge is -2.13. The van der Waals surface area contributed by atoms with Crippen molar-refractivity contribution in [2.75, 3.05) is 5.32 Å². The van der Waals surface area contributed by atoms with Crippen LogP contribution in [-0.4, -0.2) is 5.91 Å². The normalized spacial score (nSPS) is 10.3. The average molecular weight is 333 g/mol. The first-order chi connectivity index (χ1) is 9.61. The molecule has 3 N–H and O–H groups in total. The molecule has 0 fully saturated rings. The van der Waals surface area contributed by atoms with E-state index in [1.54, 1.807) is 6.07 Å². The number of carbonyl (C=O) groups is 1. The van der Waals surface area contributed by atoms with Crippen LogP contribution in [0.25, 0.3) is 0 Å². The molecule has 0 aliphatic rings. The molecule has 0 radical (unpaired) electrons. The minimum absolute atomic E-state index is 0.395. The Morgan fingerprint density at radius 3 is 2.65 bits per heavy atom. The molecule has 20 heavy (non-hydrogen) atoms. The quantitative estimate of drug-likeness (QED) is 0.876. The number of hydrogen-bond donors (Lipinski definition) is 2. The van der Waals surface area contributed by atoms with Crippen LogP contribution in [0.1, 0.15) is 28.4 Å². The summed E-state index contributed by atoms with van der Waals surface area (Å²) in [5.41, 5.74) is 9.17. The van der Waals surface area contributed by atoms with Crippen molar-refractivity contribution in [3.63, 3.8) is 0 Å². The number of carbonyl (C=O) groups excluding carboxylic acids is 1. The molecular formula is C16H17BrN2O. The molecule has 4 heteroatoms. The fourth-order valence-electron chi connectivity index (χ4n) is 2.13. The Kier molecular flexibility index (Phi) is 4.79. The van der Waals surface area contributed by atoms with E-state index in [0.29, 0.717) is 12.1 Å². The van der Waals surface area contributed by atoms with E-state index in [-0.39, 0.29) is 0 Å². The van der Waals surface area contributed by atoms with Gasteiger partial charge in [-0.2, -0.15) is 0 Å². The van der Waals surface area contributed by atoms with Crippen molar-refractivity contribution in [1.82, 2.24) is 0 Å². The van der Waals surface area contributed by atoms with E-state index in [0.717, 1.165) is 22.1 Å². The van der Waals surface area contributed by atoms with Crippen LogP contribution < -0.4 is 11.1 Å². The largest absolute Gasteiger partial charge is 0.381 e. The predicted octanol–water partition coefficient (Wildman–Crippen LogP) is 3.72. The van der Waals surface area contributed by atoms with Crippen molar-refractivity contribution >= 4 is 27.5 Å². The number of anilines is 1. The van der Waals surface area contributed by atoms with E-state index >= 15 is 0 Å². The van der Waals surface area contributed by atoms with Gasteiger partial charge in [0.25, 0.3) is 0 Å². The van der Waals surface area contributed by atoms with E-state index < -0.39 is 5.91 Å². The summed E-state index contributed by atoms with van der Waals surface area (Å²) < 4.78 is 1.07. The summed E-state index contributed by atoms with van der Waals surface area (Å²) >= 11 is 3.47. The standard InChI is InChI=1S/C16H17BrN2O/c1-2-11-9-13(17)7-8-15(11)19-10-12-5-3-4-6-14(12)16(18)20/h3-9,19H,2,10H2,1H3,(H2,18,20). The average Bonchev–Trinajstić information content (AvgIpc) is 2.46. The summed E-state index contributed by atoms with van der Waals surface area (Å²) in [6.45, 7) is 2.69. The molecule has 0 saturated carbocycles. The number of nitrogens with two attached hydrogens (primary N) is 1. The van der Waals surface area contributed by atoms with E-state index in [2.05, 4.69) is 34.2 Å². The van der Waals surface area contributed by atoms with Crippen LogP contribution in [0.4, 0.5) is 5.69 Å².